The van der Waals surface area contributed by atoms with Gasteiger partial charge >= 0.3 is 0 Å². The molecular formula is C23H23FN4O. The van der Waals surface area contributed by atoms with Crippen molar-refractivity contribution in [3.8, 4) is 0 Å². The second-order valence-electron chi connectivity index (χ2n) is 7.96. The Hall–Kier alpha value is -3.02. The lowest BCUT2D eigenvalue weighted by molar-refractivity contribution is 0.0774. The summed E-state index contributed by atoms with van der Waals surface area (Å²) in [6.45, 7) is 1.39. The molecule has 1 fully saturated rings. The molecule has 29 heavy (non-hydrogen) atoms. The number of aromatic nitrogens is 3. The van der Waals surface area contributed by atoms with Crippen LogP contribution in [0.5, 0.6) is 0 Å². The number of hydrogen-bond acceptors (Lipinski definition) is 3. The SMILES string of the molecule is O=C(c1nc2n(n1)[C@H](c1ccccc1)C[C@@H]2F)N1CCC(Cc2ccccc2)C1. The predicted molar refractivity (Wildman–Crippen MR) is 107 cm³/mol. The number of rotatable bonds is 4. The monoisotopic (exact) mass is 390 g/mol. The minimum Gasteiger partial charge on any atom is -0.336 e. The van der Waals surface area contributed by atoms with Crippen LogP contribution in [0.15, 0.2) is 60.7 Å². The number of nitrogens with zero attached hydrogens (tertiary/aromatic N) is 4. The lowest BCUT2D eigenvalue weighted by atomic mass is 9.99. The molecule has 6 heteroatoms. The van der Waals surface area contributed by atoms with Gasteiger partial charge in [-0.3, -0.25) is 4.79 Å². The second-order valence-corrected chi connectivity index (χ2v) is 7.96. The maximum absolute atomic E-state index is 14.6. The van der Waals surface area contributed by atoms with E-state index in [0.29, 0.717) is 25.4 Å². The van der Waals surface area contributed by atoms with Gasteiger partial charge in [-0.2, -0.15) is 0 Å². The maximum Gasteiger partial charge on any atom is 0.293 e. The van der Waals surface area contributed by atoms with E-state index >= 15 is 0 Å². The van der Waals surface area contributed by atoms with Gasteiger partial charge < -0.3 is 4.90 Å². The molecule has 0 spiro atoms. The summed E-state index contributed by atoms with van der Waals surface area (Å²) in [5.41, 5.74) is 2.28. The number of alkyl halides is 1. The molecule has 3 aromatic rings. The third-order valence-corrected chi connectivity index (χ3v) is 5.98. The average Bonchev–Trinajstić information content (AvgIpc) is 3.46. The van der Waals surface area contributed by atoms with E-state index in [1.807, 2.05) is 53.4 Å². The molecule has 1 unspecified atom stereocenters. The molecule has 5 rings (SSSR count). The van der Waals surface area contributed by atoms with Gasteiger partial charge in [0.2, 0.25) is 5.82 Å². The number of amides is 1. The molecule has 0 radical (unpaired) electrons. The van der Waals surface area contributed by atoms with Crippen molar-refractivity contribution in [1.29, 1.82) is 0 Å². The van der Waals surface area contributed by atoms with E-state index in [1.165, 1.54) is 5.56 Å². The van der Waals surface area contributed by atoms with Crippen molar-refractivity contribution in [2.75, 3.05) is 13.1 Å². The largest absolute Gasteiger partial charge is 0.336 e. The van der Waals surface area contributed by atoms with Crippen LogP contribution in [0.25, 0.3) is 0 Å². The van der Waals surface area contributed by atoms with Crippen molar-refractivity contribution >= 4 is 5.91 Å². The number of carbonyl (C=O) groups is 1. The highest BCUT2D eigenvalue weighted by Crippen LogP contribution is 2.39. The van der Waals surface area contributed by atoms with Gasteiger partial charge in [-0.15, -0.1) is 5.10 Å². The molecule has 148 valence electrons. The zero-order valence-electron chi connectivity index (χ0n) is 16.1. The number of hydrogen-bond donors (Lipinski definition) is 0. The Balaban J connectivity index is 1.31. The van der Waals surface area contributed by atoms with Gasteiger partial charge in [0.05, 0.1) is 6.04 Å². The first-order chi connectivity index (χ1) is 14.2. The lowest BCUT2D eigenvalue weighted by Crippen LogP contribution is -2.30. The zero-order chi connectivity index (χ0) is 19.8. The van der Waals surface area contributed by atoms with E-state index in [2.05, 4.69) is 22.2 Å². The van der Waals surface area contributed by atoms with E-state index in [-0.39, 0.29) is 23.6 Å². The van der Waals surface area contributed by atoms with Crippen LogP contribution in [-0.2, 0) is 6.42 Å². The molecule has 1 amide bonds. The average molecular weight is 390 g/mol. The van der Waals surface area contributed by atoms with E-state index < -0.39 is 6.17 Å². The second kappa shape index (κ2) is 7.43. The molecule has 1 aromatic heterocycles. The highest BCUT2D eigenvalue weighted by atomic mass is 19.1. The van der Waals surface area contributed by atoms with Gasteiger partial charge in [-0.25, -0.2) is 14.1 Å². The van der Waals surface area contributed by atoms with Crippen molar-refractivity contribution in [3.63, 3.8) is 0 Å². The van der Waals surface area contributed by atoms with Crippen molar-refractivity contribution in [2.24, 2.45) is 5.92 Å². The van der Waals surface area contributed by atoms with E-state index in [9.17, 15) is 9.18 Å². The first-order valence-electron chi connectivity index (χ1n) is 10.2. The van der Waals surface area contributed by atoms with Crippen molar-refractivity contribution in [1.82, 2.24) is 19.7 Å². The van der Waals surface area contributed by atoms with Gasteiger partial charge in [0.1, 0.15) is 0 Å². The van der Waals surface area contributed by atoms with Gasteiger partial charge in [0.25, 0.3) is 5.91 Å². The molecule has 0 saturated carbocycles. The Kier molecular flexibility index (Phi) is 4.62. The number of likely N-dealkylation sites (tertiary alicyclic amines) is 1. The first kappa shape index (κ1) is 18.0. The Bertz CT molecular complexity index is 1000. The Labute approximate surface area is 169 Å². The van der Waals surface area contributed by atoms with Crippen LogP contribution in [0, 0.1) is 5.92 Å². The van der Waals surface area contributed by atoms with Gasteiger partial charge in [0, 0.05) is 19.5 Å². The van der Waals surface area contributed by atoms with E-state index in [4.69, 9.17) is 0 Å². The number of benzene rings is 2. The standard InChI is InChI=1S/C23H23FN4O/c24-19-14-20(18-9-5-2-6-10-18)28-22(19)25-21(26-28)23(29)27-12-11-17(15-27)13-16-7-3-1-4-8-16/h1-10,17,19-20H,11-15H2/t17?,19-,20-/m0/s1. The van der Waals surface area contributed by atoms with Crippen LogP contribution >= 0.6 is 0 Å². The number of fused-ring (bicyclic) bond motifs is 1. The fourth-order valence-electron chi connectivity index (χ4n) is 4.50. The Morgan fingerprint density at radius 1 is 1.07 bits per heavy atom. The molecular weight excluding hydrogens is 367 g/mol. The Morgan fingerprint density at radius 2 is 1.79 bits per heavy atom. The summed E-state index contributed by atoms with van der Waals surface area (Å²) in [6.07, 6.45) is 1.04. The van der Waals surface area contributed by atoms with Crippen molar-refractivity contribution in [2.45, 2.75) is 31.5 Å². The fraction of sp³-hybridized carbons (Fsp3) is 0.348. The molecule has 5 nitrogen and oxygen atoms in total. The molecule has 0 bridgehead atoms. The third kappa shape index (κ3) is 3.43. The smallest absolute Gasteiger partial charge is 0.293 e. The summed E-state index contributed by atoms with van der Waals surface area (Å²) in [4.78, 5) is 19.1. The molecule has 3 atom stereocenters. The first-order valence-corrected chi connectivity index (χ1v) is 10.2. The minimum absolute atomic E-state index is 0.114. The molecule has 2 aliphatic heterocycles. The lowest BCUT2D eigenvalue weighted by Gasteiger charge is -2.15. The summed E-state index contributed by atoms with van der Waals surface area (Å²) in [5, 5.41) is 4.43. The van der Waals surface area contributed by atoms with Crippen LogP contribution in [-0.4, -0.2) is 38.7 Å². The van der Waals surface area contributed by atoms with E-state index in [1.54, 1.807) is 4.68 Å². The zero-order valence-corrected chi connectivity index (χ0v) is 16.1. The molecule has 1 saturated heterocycles. The van der Waals surface area contributed by atoms with Crippen LogP contribution in [0.4, 0.5) is 4.39 Å². The molecule has 3 heterocycles. The summed E-state index contributed by atoms with van der Waals surface area (Å²) in [5.74, 6) is 0.620. The molecule has 0 aliphatic carbocycles. The molecule has 2 aliphatic rings. The topological polar surface area (TPSA) is 51.0 Å². The summed E-state index contributed by atoms with van der Waals surface area (Å²) >= 11 is 0. The van der Waals surface area contributed by atoms with Crippen LogP contribution in [0.3, 0.4) is 0 Å². The Morgan fingerprint density at radius 3 is 2.55 bits per heavy atom. The van der Waals surface area contributed by atoms with Crippen LogP contribution in [0.2, 0.25) is 0 Å². The summed E-state index contributed by atoms with van der Waals surface area (Å²) in [7, 11) is 0. The molecule has 0 N–H and O–H groups in total. The highest BCUT2D eigenvalue weighted by molar-refractivity contribution is 5.90. The normalized spacial score (nSPS) is 23.3. The van der Waals surface area contributed by atoms with Gasteiger partial charge in [-0.1, -0.05) is 60.7 Å². The van der Waals surface area contributed by atoms with Gasteiger partial charge in [-0.05, 0) is 29.9 Å². The van der Waals surface area contributed by atoms with Crippen LogP contribution in [0.1, 0.15) is 52.6 Å². The maximum atomic E-state index is 14.6. The highest BCUT2D eigenvalue weighted by Gasteiger charge is 2.37. The van der Waals surface area contributed by atoms with Crippen molar-refractivity contribution < 1.29 is 9.18 Å². The quantitative estimate of drug-likeness (QED) is 0.677. The van der Waals surface area contributed by atoms with Crippen molar-refractivity contribution in [3.05, 3.63) is 83.4 Å². The predicted octanol–water partition coefficient (Wildman–Crippen LogP) is 3.99. The minimum atomic E-state index is -1.20. The number of halogens is 1. The number of carbonyl (C=O) groups excluding carboxylic acids is 1. The summed E-state index contributed by atoms with van der Waals surface area (Å²) in [6, 6.07) is 19.9. The summed E-state index contributed by atoms with van der Waals surface area (Å²) < 4.78 is 16.2. The third-order valence-electron chi connectivity index (χ3n) is 5.98. The van der Waals surface area contributed by atoms with Gasteiger partial charge in [0.15, 0.2) is 12.0 Å². The van der Waals surface area contributed by atoms with E-state index in [0.717, 1.165) is 18.4 Å². The fourth-order valence-corrected chi connectivity index (χ4v) is 4.50. The van der Waals surface area contributed by atoms with Crippen LogP contribution < -0.4 is 0 Å². The molecule has 2 aromatic carbocycles.